The van der Waals surface area contributed by atoms with Gasteiger partial charge in [0.2, 0.25) is 5.91 Å². The van der Waals surface area contributed by atoms with Crippen LogP contribution in [0.4, 0.5) is 0 Å². The summed E-state index contributed by atoms with van der Waals surface area (Å²) >= 11 is 5.95. The van der Waals surface area contributed by atoms with E-state index in [-0.39, 0.29) is 18.0 Å². The normalized spacial score (nSPS) is 11.0. The number of benzene rings is 2. The lowest BCUT2D eigenvalue weighted by Crippen LogP contribution is -2.32. The monoisotopic (exact) mass is 426 g/mol. The molecule has 0 saturated carbocycles. The van der Waals surface area contributed by atoms with Crippen LogP contribution in [0.5, 0.6) is 11.5 Å². The molecule has 0 aliphatic rings. The summed E-state index contributed by atoms with van der Waals surface area (Å²) in [5.41, 5.74) is 2.04. The van der Waals surface area contributed by atoms with Crippen LogP contribution in [0, 0.1) is 0 Å². The number of nitrogens with zero attached hydrogens (tertiary/aromatic N) is 2. The number of hydrogen-bond donors (Lipinski definition) is 2. The first kappa shape index (κ1) is 19.8. The zero-order valence-electron chi connectivity index (χ0n) is 16.4. The fourth-order valence-electron chi connectivity index (χ4n) is 3.29. The lowest BCUT2D eigenvalue weighted by atomic mass is 10.2. The Labute approximate surface area is 176 Å². The first-order valence-electron chi connectivity index (χ1n) is 9.14. The number of fused-ring (bicyclic) bond motifs is 3. The molecule has 30 heavy (non-hydrogen) atoms. The van der Waals surface area contributed by atoms with E-state index in [9.17, 15) is 9.59 Å². The number of methoxy groups -OCH3 is 2. The minimum atomic E-state index is -0.341. The third kappa shape index (κ3) is 3.69. The highest BCUT2D eigenvalue weighted by Crippen LogP contribution is 2.34. The van der Waals surface area contributed by atoms with Gasteiger partial charge in [-0.3, -0.25) is 14.2 Å². The van der Waals surface area contributed by atoms with Gasteiger partial charge in [0.1, 0.15) is 17.6 Å². The predicted octanol–water partition coefficient (Wildman–Crippen LogP) is 2.86. The zero-order valence-corrected chi connectivity index (χ0v) is 17.1. The molecule has 2 aromatic heterocycles. The fourth-order valence-corrected chi connectivity index (χ4v) is 3.50. The van der Waals surface area contributed by atoms with Gasteiger partial charge in [-0.25, -0.2) is 4.98 Å². The molecule has 4 rings (SSSR count). The van der Waals surface area contributed by atoms with Crippen molar-refractivity contribution in [2.45, 2.75) is 13.1 Å². The quantitative estimate of drug-likeness (QED) is 0.494. The number of nitrogens with one attached hydrogen (secondary N) is 2. The highest BCUT2D eigenvalue weighted by molar-refractivity contribution is 6.30. The van der Waals surface area contributed by atoms with Crippen LogP contribution in [0.25, 0.3) is 21.9 Å². The molecule has 0 aliphatic heterocycles. The van der Waals surface area contributed by atoms with Crippen LogP contribution < -0.4 is 20.3 Å². The van der Waals surface area contributed by atoms with Crippen molar-refractivity contribution in [3.8, 4) is 11.5 Å². The Balaban J connectivity index is 1.60. The van der Waals surface area contributed by atoms with E-state index in [2.05, 4.69) is 15.3 Å². The number of aromatic amines is 1. The van der Waals surface area contributed by atoms with Crippen LogP contribution in [0.2, 0.25) is 5.02 Å². The van der Waals surface area contributed by atoms with Crippen molar-refractivity contribution < 1.29 is 14.3 Å². The van der Waals surface area contributed by atoms with Crippen LogP contribution in [-0.4, -0.2) is 34.7 Å². The fraction of sp³-hybridized carbons (Fsp3) is 0.190. The van der Waals surface area contributed by atoms with E-state index in [1.165, 1.54) is 10.9 Å². The molecule has 0 atom stereocenters. The maximum absolute atomic E-state index is 12.9. The predicted molar refractivity (Wildman–Crippen MR) is 114 cm³/mol. The maximum Gasteiger partial charge on any atom is 0.278 e. The summed E-state index contributed by atoms with van der Waals surface area (Å²) in [6.07, 6.45) is 1.37. The van der Waals surface area contributed by atoms with Gasteiger partial charge in [-0.15, -0.1) is 0 Å². The van der Waals surface area contributed by atoms with Gasteiger partial charge >= 0.3 is 0 Å². The first-order valence-corrected chi connectivity index (χ1v) is 9.52. The lowest BCUT2D eigenvalue weighted by molar-refractivity contribution is -0.121. The Bertz CT molecular complexity index is 1310. The van der Waals surface area contributed by atoms with Gasteiger partial charge in [0.25, 0.3) is 5.56 Å². The van der Waals surface area contributed by atoms with Crippen molar-refractivity contribution in [2.24, 2.45) is 0 Å². The molecule has 0 unspecified atom stereocenters. The number of carbonyl (C=O) groups is 1. The molecule has 2 aromatic carbocycles. The van der Waals surface area contributed by atoms with E-state index in [0.717, 1.165) is 10.9 Å². The maximum atomic E-state index is 12.9. The van der Waals surface area contributed by atoms with E-state index in [1.807, 2.05) is 12.1 Å². The third-order valence-electron chi connectivity index (χ3n) is 4.77. The second-order valence-corrected chi connectivity index (χ2v) is 7.12. The number of halogens is 1. The Hall–Kier alpha value is -3.52. The second-order valence-electron chi connectivity index (χ2n) is 6.69. The molecule has 9 heteroatoms. The molecular weight excluding hydrogens is 408 g/mol. The average molecular weight is 427 g/mol. The van der Waals surface area contributed by atoms with Crippen molar-refractivity contribution in [1.82, 2.24) is 19.9 Å². The number of rotatable bonds is 6. The van der Waals surface area contributed by atoms with E-state index in [1.54, 1.807) is 38.5 Å². The van der Waals surface area contributed by atoms with E-state index < -0.39 is 0 Å². The summed E-state index contributed by atoms with van der Waals surface area (Å²) in [6, 6.07) is 10.7. The summed E-state index contributed by atoms with van der Waals surface area (Å²) in [6.45, 7) is 0.167. The van der Waals surface area contributed by atoms with Crippen LogP contribution in [0.3, 0.4) is 0 Å². The van der Waals surface area contributed by atoms with Crippen molar-refractivity contribution in [3.05, 3.63) is 63.7 Å². The Morgan fingerprint density at radius 1 is 1.20 bits per heavy atom. The van der Waals surface area contributed by atoms with Crippen molar-refractivity contribution >= 4 is 39.4 Å². The third-order valence-corrected chi connectivity index (χ3v) is 5.00. The van der Waals surface area contributed by atoms with Gasteiger partial charge in [0.15, 0.2) is 11.5 Å². The van der Waals surface area contributed by atoms with Gasteiger partial charge in [-0.2, -0.15) is 0 Å². The molecule has 2 heterocycles. The van der Waals surface area contributed by atoms with Crippen LogP contribution in [-0.2, 0) is 17.9 Å². The molecule has 0 fully saturated rings. The molecule has 0 saturated heterocycles. The molecule has 0 bridgehead atoms. The van der Waals surface area contributed by atoms with Crippen molar-refractivity contribution in [2.75, 3.05) is 14.2 Å². The number of carbonyl (C=O) groups excluding carboxylic acids is 1. The number of ether oxygens (including phenoxy) is 2. The molecule has 8 nitrogen and oxygen atoms in total. The van der Waals surface area contributed by atoms with E-state index in [4.69, 9.17) is 21.1 Å². The molecule has 0 spiro atoms. The standard InChI is InChI=1S/C21H19ClN4O4/c1-29-16-7-14-15(8-17(16)30-2)25-20-19(14)24-11-26(21(20)28)10-18(27)23-9-12-4-3-5-13(22)6-12/h3-8,11,25H,9-10H2,1-2H3,(H,23,27). The Morgan fingerprint density at radius 2 is 1.97 bits per heavy atom. The van der Waals surface area contributed by atoms with Gasteiger partial charge in [0, 0.05) is 23.0 Å². The summed E-state index contributed by atoms with van der Waals surface area (Å²) in [7, 11) is 3.08. The van der Waals surface area contributed by atoms with Crippen LogP contribution in [0.15, 0.2) is 47.5 Å². The largest absolute Gasteiger partial charge is 0.493 e. The van der Waals surface area contributed by atoms with Crippen LogP contribution in [0.1, 0.15) is 5.56 Å². The zero-order chi connectivity index (χ0) is 21.3. The Kier molecular flexibility index (Phi) is 5.33. The minimum Gasteiger partial charge on any atom is -0.493 e. The first-order chi connectivity index (χ1) is 14.5. The minimum absolute atomic E-state index is 0.148. The van der Waals surface area contributed by atoms with Gasteiger partial charge in [-0.05, 0) is 23.8 Å². The molecule has 154 valence electrons. The smallest absolute Gasteiger partial charge is 0.278 e. The summed E-state index contributed by atoms with van der Waals surface area (Å²) in [5.74, 6) is 0.771. The van der Waals surface area contributed by atoms with Crippen molar-refractivity contribution in [3.63, 3.8) is 0 Å². The number of amides is 1. The van der Waals surface area contributed by atoms with Crippen molar-refractivity contribution in [1.29, 1.82) is 0 Å². The van der Waals surface area contributed by atoms with E-state index in [0.29, 0.717) is 39.6 Å². The highest BCUT2D eigenvalue weighted by atomic mass is 35.5. The Morgan fingerprint density at radius 3 is 2.70 bits per heavy atom. The molecule has 0 radical (unpaired) electrons. The molecule has 4 aromatic rings. The average Bonchev–Trinajstić information content (AvgIpc) is 3.11. The summed E-state index contributed by atoms with van der Waals surface area (Å²) < 4.78 is 11.9. The van der Waals surface area contributed by atoms with Gasteiger partial charge in [-0.1, -0.05) is 23.7 Å². The van der Waals surface area contributed by atoms with Crippen LogP contribution >= 0.6 is 11.6 Å². The lowest BCUT2D eigenvalue weighted by Gasteiger charge is -2.08. The summed E-state index contributed by atoms with van der Waals surface area (Å²) in [5, 5.41) is 4.11. The van der Waals surface area contributed by atoms with E-state index >= 15 is 0 Å². The topological polar surface area (TPSA) is 98.2 Å². The number of hydrogen-bond acceptors (Lipinski definition) is 5. The van der Waals surface area contributed by atoms with Gasteiger partial charge < -0.3 is 19.8 Å². The second kappa shape index (κ2) is 8.08. The molecular formula is C21H19ClN4O4. The summed E-state index contributed by atoms with van der Waals surface area (Å²) in [4.78, 5) is 32.7. The number of H-pyrrole nitrogens is 1. The van der Waals surface area contributed by atoms with Gasteiger partial charge in [0.05, 0.1) is 26.1 Å². The SMILES string of the molecule is COc1cc2[nH]c3c(=O)n(CC(=O)NCc4cccc(Cl)c4)cnc3c2cc1OC. The molecule has 0 aliphatic carbocycles. The molecule has 2 N–H and O–H groups in total. The highest BCUT2D eigenvalue weighted by Gasteiger charge is 2.15. The molecule has 1 amide bonds. The number of aromatic nitrogens is 3.